The Kier molecular flexibility index (Phi) is 10.4. The molecule has 4 aliphatic rings. The second kappa shape index (κ2) is 14.0. The number of nitrogens with zero attached hydrogens (tertiary/aromatic N) is 1. The number of thioether (sulfide) groups is 1. The SMILES string of the molecule is C=CCOC12Oc3ccc(O)cc3C3C(CCCCO)C(CCCCO)C=C(C(=NOC)CC1SC1CCCC1)C32. The van der Waals surface area contributed by atoms with Crippen LogP contribution < -0.4 is 4.74 Å². The molecule has 1 heterocycles. The molecule has 0 saturated heterocycles. The lowest BCUT2D eigenvalue weighted by molar-refractivity contribution is -0.223. The first-order chi connectivity index (χ1) is 20.1. The fourth-order valence-electron chi connectivity index (χ4n) is 7.82. The summed E-state index contributed by atoms with van der Waals surface area (Å²) in [6.07, 6.45) is 15.1. The van der Waals surface area contributed by atoms with Crippen molar-refractivity contribution in [2.75, 3.05) is 26.9 Å². The molecule has 0 radical (unpaired) electrons. The van der Waals surface area contributed by atoms with E-state index in [4.69, 9.17) is 14.3 Å². The third-order valence-electron chi connectivity index (χ3n) is 9.49. The molecule has 41 heavy (non-hydrogen) atoms. The van der Waals surface area contributed by atoms with Crippen LogP contribution in [0.5, 0.6) is 11.5 Å². The predicted molar refractivity (Wildman–Crippen MR) is 163 cm³/mol. The number of hydrogen-bond donors (Lipinski definition) is 3. The second-order valence-electron chi connectivity index (χ2n) is 12.0. The second-order valence-corrected chi connectivity index (χ2v) is 13.5. The van der Waals surface area contributed by atoms with Crippen molar-refractivity contribution in [3.8, 4) is 11.5 Å². The molecule has 3 aliphatic carbocycles. The van der Waals surface area contributed by atoms with Gasteiger partial charge in [0.2, 0.25) is 5.79 Å². The van der Waals surface area contributed by atoms with Crippen molar-refractivity contribution in [1.82, 2.24) is 0 Å². The number of hydrogen-bond acceptors (Lipinski definition) is 8. The van der Waals surface area contributed by atoms with Gasteiger partial charge in [-0.3, -0.25) is 0 Å². The molecule has 7 nitrogen and oxygen atoms in total. The van der Waals surface area contributed by atoms with Gasteiger partial charge in [0, 0.05) is 36.4 Å². The molecule has 6 unspecified atom stereocenters. The van der Waals surface area contributed by atoms with Gasteiger partial charge in [0.15, 0.2) is 0 Å². The topological polar surface area (TPSA) is 101 Å². The molecule has 0 bridgehead atoms. The molecule has 5 rings (SSSR count). The van der Waals surface area contributed by atoms with Gasteiger partial charge in [0.25, 0.3) is 0 Å². The molecule has 226 valence electrons. The minimum Gasteiger partial charge on any atom is -0.508 e. The van der Waals surface area contributed by atoms with Gasteiger partial charge < -0.3 is 29.6 Å². The van der Waals surface area contributed by atoms with Crippen molar-refractivity contribution >= 4 is 17.5 Å². The third kappa shape index (κ3) is 6.22. The van der Waals surface area contributed by atoms with Crippen molar-refractivity contribution in [3.63, 3.8) is 0 Å². The number of phenols is 1. The van der Waals surface area contributed by atoms with Crippen LogP contribution in [0.1, 0.15) is 82.1 Å². The summed E-state index contributed by atoms with van der Waals surface area (Å²) in [7, 11) is 1.62. The van der Waals surface area contributed by atoms with Crippen LogP contribution in [0.15, 0.2) is 47.7 Å². The summed E-state index contributed by atoms with van der Waals surface area (Å²) in [4.78, 5) is 5.45. The van der Waals surface area contributed by atoms with Gasteiger partial charge in [-0.05, 0) is 74.1 Å². The number of rotatable bonds is 14. The Morgan fingerprint density at radius 1 is 1.12 bits per heavy atom. The highest BCUT2D eigenvalue weighted by Gasteiger charge is 2.64. The highest BCUT2D eigenvalue weighted by atomic mass is 32.2. The fraction of sp³-hybridized carbons (Fsp3) is 0.667. The van der Waals surface area contributed by atoms with E-state index in [1.165, 1.54) is 25.7 Å². The number of fused-ring (bicyclic) bond motifs is 2. The smallest absolute Gasteiger partial charge is 0.230 e. The van der Waals surface area contributed by atoms with Gasteiger partial charge in [-0.2, -0.15) is 0 Å². The lowest BCUT2D eigenvalue weighted by atomic mass is 9.56. The standard InChI is InChI=1S/C33H47NO6S/c1-3-18-39-33-30(41-24-11-4-5-12-24)21-28(34-38-2)26-19-22(10-6-8-16-35)25(13-7-9-17-36)31(32(26)33)27-20-23(37)14-15-29(27)40-33/h3,14-15,19-20,22,24-25,30-32,35-37H,1,4-13,16-18,21H2,2H3. The van der Waals surface area contributed by atoms with Crippen molar-refractivity contribution in [2.24, 2.45) is 22.9 Å². The lowest BCUT2D eigenvalue weighted by Crippen LogP contribution is -2.64. The predicted octanol–water partition coefficient (Wildman–Crippen LogP) is 6.33. The van der Waals surface area contributed by atoms with Crippen LogP contribution >= 0.6 is 11.8 Å². The zero-order valence-electron chi connectivity index (χ0n) is 24.4. The molecule has 6 atom stereocenters. The summed E-state index contributed by atoms with van der Waals surface area (Å²) in [6.45, 7) is 4.71. The van der Waals surface area contributed by atoms with E-state index < -0.39 is 5.79 Å². The van der Waals surface area contributed by atoms with E-state index in [-0.39, 0.29) is 47.9 Å². The van der Waals surface area contributed by atoms with Crippen LogP contribution in [0, 0.1) is 17.8 Å². The molecular formula is C33H47NO6S. The Balaban J connectivity index is 1.69. The van der Waals surface area contributed by atoms with E-state index in [2.05, 4.69) is 17.8 Å². The molecule has 1 aliphatic heterocycles. The molecule has 8 heteroatoms. The number of oxime groups is 1. The number of benzene rings is 1. The molecule has 3 N–H and O–H groups in total. The first kappa shape index (κ1) is 30.5. The van der Waals surface area contributed by atoms with E-state index in [9.17, 15) is 15.3 Å². The van der Waals surface area contributed by atoms with Gasteiger partial charge in [-0.25, -0.2) is 0 Å². The van der Waals surface area contributed by atoms with Gasteiger partial charge in [0.05, 0.1) is 23.5 Å². The Morgan fingerprint density at radius 3 is 2.59 bits per heavy atom. The number of unbranched alkanes of at least 4 members (excludes halogenated alkanes) is 2. The normalized spacial score (nSPS) is 31.7. The molecule has 0 spiro atoms. The van der Waals surface area contributed by atoms with E-state index in [1.807, 2.05) is 23.9 Å². The van der Waals surface area contributed by atoms with Crippen LogP contribution in [0.25, 0.3) is 0 Å². The largest absolute Gasteiger partial charge is 0.508 e. The van der Waals surface area contributed by atoms with Crippen molar-refractivity contribution in [1.29, 1.82) is 0 Å². The van der Waals surface area contributed by atoms with Gasteiger partial charge in [0.1, 0.15) is 18.6 Å². The number of allylic oxidation sites excluding steroid dienone is 1. The van der Waals surface area contributed by atoms with Crippen LogP contribution in [0.4, 0.5) is 0 Å². The minimum atomic E-state index is -0.917. The van der Waals surface area contributed by atoms with E-state index in [0.717, 1.165) is 61.1 Å². The summed E-state index contributed by atoms with van der Waals surface area (Å²) in [6, 6.07) is 5.49. The van der Waals surface area contributed by atoms with Gasteiger partial charge in [-0.1, -0.05) is 43.0 Å². The molecule has 1 aromatic rings. The van der Waals surface area contributed by atoms with E-state index >= 15 is 0 Å². The zero-order chi connectivity index (χ0) is 28.8. The Bertz CT molecular complexity index is 1100. The first-order valence-corrected chi connectivity index (χ1v) is 16.5. The highest BCUT2D eigenvalue weighted by Crippen LogP contribution is 2.63. The van der Waals surface area contributed by atoms with Crippen LogP contribution in [0.3, 0.4) is 0 Å². The number of aliphatic hydroxyl groups excluding tert-OH is 2. The average molecular weight is 586 g/mol. The van der Waals surface area contributed by atoms with Gasteiger partial charge in [-0.15, -0.1) is 18.3 Å². The molecule has 0 aromatic heterocycles. The van der Waals surface area contributed by atoms with Crippen molar-refractivity contribution in [2.45, 2.75) is 92.8 Å². The molecule has 0 amide bonds. The van der Waals surface area contributed by atoms with Crippen LogP contribution in [0.2, 0.25) is 0 Å². The number of ether oxygens (including phenoxy) is 2. The van der Waals surface area contributed by atoms with Gasteiger partial charge >= 0.3 is 0 Å². The number of aliphatic hydroxyl groups is 2. The number of phenolic OH excluding ortho intramolecular Hbond substituents is 1. The Hall–Kier alpha value is -2.00. The summed E-state index contributed by atoms with van der Waals surface area (Å²) in [5, 5.41) is 35.1. The molecule has 2 saturated carbocycles. The van der Waals surface area contributed by atoms with E-state index in [1.54, 1.807) is 19.3 Å². The molecule has 2 fully saturated rings. The maximum absolute atomic E-state index is 10.7. The summed E-state index contributed by atoms with van der Waals surface area (Å²) in [5.41, 5.74) is 3.11. The third-order valence-corrected chi connectivity index (χ3v) is 11.2. The summed E-state index contributed by atoms with van der Waals surface area (Å²) < 4.78 is 13.9. The zero-order valence-corrected chi connectivity index (χ0v) is 25.2. The van der Waals surface area contributed by atoms with Crippen molar-refractivity contribution in [3.05, 3.63) is 48.1 Å². The monoisotopic (exact) mass is 585 g/mol. The fourth-order valence-corrected chi connectivity index (χ4v) is 9.60. The van der Waals surface area contributed by atoms with E-state index in [0.29, 0.717) is 18.3 Å². The Labute approximate surface area is 249 Å². The Morgan fingerprint density at radius 2 is 1.88 bits per heavy atom. The maximum atomic E-state index is 10.7. The lowest BCUT2D eigenvalue weighted by Gasteiger charge is -2.58. The summed E-state index contributed by atoms with van der Waals surface area (Å²) >= 11 is 1.99. The number of aromatic hydroxyl groups is 1. The summed E-state index contributed by atoms with van der Waals surface area (Å²) in [5.74, 6) is 0.494. The molecular weight excluding hydrogens is 538 g/mol. The quantitative estimate of drug-likeness (QED) is 0.133. The van der Waals surface area contributed by atoms with Crippen LogP contribution in [-0.4, -0.2) is 64.2 Å². The minimum absolute atomic E-state index is 0.00934. The average Bonchev–Trinajstić information content (AvgIpc) is 3.49. The first-order valence-electron chi connectivity index (χ1n) is 15.5. The van der Waals surface area contributed by atoms with Crippen LogP contribution in [-0.2, 0) is 9.57 Å². The van der Waals surface area contributed by atoms with Crippen molar-refractivity contribution < 1.29 is 29.6 Å². The molecule has 1 aromatic carbocycles. The maximum Gasteiger partial charge on any atom is 0.230 e. The highest BCUT2D eigenvalue weighted by molar-refractivity contribution is 8.00.